The van der Waals surface area contributed by atoms with Gasteiger partial charge in [0.15, 0.2) is 0 Å². The maximum Gasteiger partial charge on any atom is 0.239 e. The molecule has 0 spiro atoms. The molecule has 3 N–H and O–H groups in total. The van der Waals surface area contributed by atoms with Gasteiger partial charge in [0, 0.05) is 25.7 Å². The van der Waals surface area contributed by atoms with Crippen molar-refractivity contribution in [3.8, 4) is 0 Å². The SMILES string of the molecule is CC(CNC(=O)C(C)(C)N)N1CCOCC1. The Hall–Kier alpha value is -0.650. The number of nitrogens with one attached hydrogen (secondary N) is 1. The summed E-state index contributed by atoms with van der Waals surface area (Å²) in [4.78, 5) is 13.9. The lowest BCUT2D eigenvalue weighted by atomic mass is 10.1. The van der Waals surface area contributed by atoms with Crippen molar-refractivity contribution in [2.24, 2.45) is 5.73 Å². The smallest absolute Gasteiger partial charge is 0.239 e. The zero-order chi connectivity index (χ0) is 12.2. The summed E-state index contributed by atoms with van der Waals surface area (Å²) in [6.07, 6.45) is 0. The Labute approximate surface area is 97.3 Å². The highest BCUT2D eigenvalue weighted by Gasteiger charge is 2.23. The summed E-state index contributed by atoms with van der Waals surface area (Å²) in [5, 5.41) is 2.87. The lowest BCUT2D eigenvalue weighted by Gasteiger charge is -2.32. The van der Waals surface area contributed by atoms with Gasteiger partial charge >= 0.3 is 0 Å². The first-order valence-corrected chi connectivity index (χ1v) is 5.80. The van der Waals surface area contributed by atoms with Crippen molar-refractivity contribution in [3.63, 3.8) is 0 Å². The number of ether oxygens (including phenoxy) is 1. The molecule has 0 saturated carbocycles. The number of hydrogen-bond acceptors (Lipinski definition) is 4. The van der Waals surface area contributed by atoms with Crippen LogP contribution in [0.25, 0.3) is 0 Å². The molecule has 0 radical (unpaired) electrons. The van der Waals surface area contributed by atoms with Crippen LogP contribution in [0.5, 0.6) is 0 Å². The van der Waals surface area contributed by atoms with E-state index in [9.17, 15) is 4.79 Å². The van der Waals surface area contributed by atoms with E-state index >= 15 is 0 Å². The van der Waals surface area contributed by atoms with Crippen LogP contribution in [0.15, 0.2) is 0 Å². The first-order valence-electron chi connectivity index (χ1n) is 5.80. The minimum atomic E-state index is -0.801. The number of nitrogens with two attached hydrogens (primary N) is 1. The first-order chi connectivity index (χ1) is 7.41. The molecule has 1 heterocycles. The maximum atomic E-state index is 11.6. The number of amides is 1. The zero-order valence-electron chi connectivity index (χ0n) is 10.5. The van der Waals surface area contributed by atoms with E-state index in [-0.39, 0.29) is 5.91 Å². The molecule has 1 atom stereocenters. The fourth-order valence-corrected chi connectivity index (χ4v) is 1.62. The number of morpholine rings is 1. The van der Waals surface area contributed by atoms with Crippen LogP contribution in [-0.4, -0.2) is 55.2 Å². The quantitative estimate of drug-likeness (QED) is 0.686. The molecule has 5 nitrogen and oxygen atoms in total. The van der Waals surface area contributed by atoms with Crippen LogP contribution in [0, 0.1) is 0 Å². The third-order valence-electron chi connectivity index (χ3n) is 2.81. The van der Waals surface area contributed by atoms with Gasteiger partial charge in [0.25, 0.3) is 0 Å². The van der Waals surface area contributed by atoms with Gasteiger partial charge in [-0.05, 0) is 20.8 Å². The summed E-state index contributed by atoms with van der Waals surface area (Å²) in [6.45, 7) is 9.59. The van der Waals surface area contributed by atoms with Crippen LogP contribution in [0.4, 0.5) is 0 Å². The molecule has 1 amide bonds. The van der Waals surface area contributed by atoms with E-state index in [1.54, 1.807) is 13.8 Å². The van der Waals surface area contributed by atoms with Gasteiger partial charge < -0.3 is 15.8 Å². The molecule has 0 aromatic carbocycles. The number of hydrogen-bond donors (Lipinski definition) is 2. The molecule has 1 aliphatic heterocycles. The summed E-state index contributed by atoms with van der Waals surface area (Å²) in [5.41, 5.74) is 4.90. The largest absolute Gasteiger partial charge is 0.379 e. The maximum absolute atomic E-state index is 11.6. The standard InChI is InChI=1S/C11H23N3O2/c1-9(14-4-6-16-7-5-14)8-13-10(15)11(2,3)12/h9H,4-8,12H2,1-3H3,(H,13,15). The fraction of sp³-hybridized carbons (Fsp3) is 0.909. The molecule has 1 rings (SSSR count). The Bertz CT molecular complexity index is 232. The van der Waals surface area contributed by atoms with Gasteiger partial charge in [-0.25, -0.2) is 0 Å². The third kappa shape index (κ3) is 4.08. The Morgan fingerprint density at radius 3 is 2.56 bits per heavy atom. The van der Waals surface area contributed by atoms with Crippen LogP contribution in [-0.2, 0) is 9.53 Å². The lowest BCUT2D eigenvalue weighted by molar-refractivity contribution is -0.125. The summed E-state index contributed by atoms with van der Waals surface area (Å²) in [6, 6.07) is 0.329. The highest BCUT2D eigenvalue weighted by molar-refractivity contribution is 5.85. The van der Waals surface area contributed by atoms with Gasteiger partial charge in [-0.1, -0.05) is 0 Å². The molecule has 1 fully saturated rings. The summed E-state index contributed by atoms with van der Waals surface area (Å²) >= 11 is 0. The van der Waals surface area contributed by atoms with E-state index in [1.807, 2.05) is 0 Å². The van der Waals surface area contributed by atoms with Crippen molar-refractivity contribution >= 4 is 5.91 Å². The molecule has 1 unspecified atom stereocenters. The van der Waals surface area contributed by atoms with Crippen molar-refractivity contribution in [2.45, 2.75) is 32.4 Å². The molecule has 0 bridgehead atoms. The van der Waals surface area contributed by atoms with Crippen LogP contribution in [0.2, 0.25) is 0 Å². The molecular weight excluding hydrogens is 206 g/mol. The Morgan fingerprint density at radius 1 is 1.50 bits per heavy atom. The molecular formula is C11H23N3O2. The van der Waals surface area contributed by atoms with Crippen molar-refractivity contribution in [1.29, 1.82) is 0 Å². The number of nitrogens with zero attached hydrogens (tertiary/aromatic N) is 1. The third-order valence-corrected chi connectivity index (χ3v) is 2.81. The van der Waals surface area contributed by atoms with E-state index in [2.05, 4.69) is 17.1 Å². The fourth-order valence-electron chi connectivity index (χ4n) is 1.62. The van der Waals surface area contributed by atoms with Crippen molar-refractivity contribution in [1.82, 2.24) is 10.2 Å². The second-order valence-electron chi connectivity index (χ2n) is 4.93. The van der Waals surface area contributed by atoms with Crippen molar-refractivity contribution in [2.75, 3.05) is 32.8 Å². The predicted octanol–water partition coefficient (Wildman–Crippen LogP) is -0.439. The van der Waals surface area contributed by atoms with E-state index < -0.39 is 5.54 Å². The highest BCUT2D eigenvalue weighted by Crippen LogP contribution is 2.03. The Balaban J connectivity index is 2.29. The first kappa shape index (κ1) is 13.4. The van der Waals surface area contributed by atoms with Gasteiger partial charge in [-0.15, -0.1) is 0 Å². The average Bonchev–Trinajstić information content (AvgIpc) is 2.25. The zero-order valence-corrected chi connectivity index (χ0v) is 10.5. The van der Waals surface area contributed by atoms with Gasteiger partial charge in [-0.2, -0.15) is 0 Å². The van der Waals surface area contributed by atoms with Gasteiger partial charge in [0.2, 0.25) is 5.91 Å². The normalized spacial score (nSPS) is 20.5. The van der Waals surface area contributed by atoms with Crippen molar-refractivity contribution in [3.05, 3.63) is 0 Å². The van der Waals surface area contributed by atoms with Crippen LogP contribution >= 0.6 is 0 Å². The molecule has 1 aliphatic rings. The van der Waals surface area contributed by atoms with Crippen LogP contribution in [0.1, 0.15) is 20.8 Å². The molecule has 94 valence electrons. The number of carbonyl (C=O) groups excluding carboxylic acids is 1. The van der Waals surface area contributed by atoms with Gasteiger partial charge in [-0.3, -0.25) is 9.69 Å². The average molecular weight is 229 g/mol. The molecule has 5 heteroatoms. The minimum Gasteiger partial charge on any atom is -0.379 e. The minimum absolute atomic E-state index is 0.104. The monoisotopic (exact) mass is 229 g/mol. The second kappa shape index (κ2) is 5.61. The van der Waals surface area contributed by atoms with Crippen molar-refractivity contribution < 1.29 is 9.53 Å². The lowest BCUT2D eigenvalue weighted by Crippen LogP contribution is -2.53. The van der Waals surface area contributed by atoms with Crippen LogP contribution in [0.3, 0.4) is 0 Å². The molecule has 0 aromatic rings. The molecule has 0 aromatic heterocycles. The van der Waals surface area contributed by atoms with Gasteiger partial charge in [0.05, 0.1) is 18.8 Å². The molecule has 1 saturated heterocycles. The van der Waals surface area contributed by atoms with E-state index in [1.165, 1.54) is 0 Å². The topological polar surface area (TPSA) is 67.6 Å². The Morgan fingerprint density at radius 2 is 2.06 bits per heavy atom. The molecule has 0 aliphatic carbocycles. The highest BCUT2D eigenvalue weighted by atomic mass is 16.5. The Kier molecular flexibility index (Phi) is 4.70. The molecule has 16 heavy (non-hydrogen) atoms. The van der Waals surface area contributed by atoms with Crippen LogP contribution < -0.4 is 11.1 Å². The summed E-state index contributed by atoms with van der Waals surface area (Å²) in [5.74, 6) is -0.104. The van der Waals surface area contributed by atoms with E-state index in [0.29, 0.717) is 12.6 Å². The predicted molar refractivity (Wildman–Crippen MR) is 63.1 cm³/mol. The van der Waals surface area contributed by atoms with E-state index in [4.69, 9.17) is 10.5 Å². The summed E-state index contributed by atoms with van der Waals surface area (Å²) < 4.78 is 5.28. The van der Waals surface area contributed by atoms with E-state index in [0.717, 1.165) is 26.3 Å². The second-order valence-corrected chi connectivity index (χ2v) is 4.93. The van der Waals surface area contributed by atoms with Gasteiger partial charge in [0.1, 0.15) is 0 Å². The number of rotatable bonds is 4. The number of carbonyl (C=O) groups is 1. The summed E-state index contributed by atoms with van der Waals surface area (Å²) in [7, 11) is 0.